The molecule has 1 aliphatic heterocycles. The van der Waals surface area contributed by atoms with Gasteiger partial charge in [0.15, 0.2) is 0 Å². The second-order valence-corrected chi connectivity index (χ2v) is 4.82. The zero-order chi connectivity index (χ0) is 11.5. The third-order valence-corrected chi connectivity index (χ3v) is 3.54. The summed E-state index contributed by atoms with van der Waals surface area (Å²) in [4.78, 5) is 11.9. The molecule has 1 amide bonds. The molecule has 1 fully saturated rings. The van der Waals surface area contributed by atoms with Crippen LogP contribution in [-0.2, 0) is 4.74 Å². The first-order chi connectivity index (χ1) is 7.65. The summed E-state index contributed by atoms with van der Waals surface area (Å²) in [5, 5.41) is 2.63. The number of cyclic esters (lactones) is 1. The Bertz CT molecular complexity index is 409. The second-order valence-electron chi connectivity index (χ2n) is 3.76. The summed E-state index contributed by atoms with van der Waals surface area (Å²) in [5.41, 5.74) is 7.81. The summed E-state index contributed by atoms with van der Waals surface area (Å²) in [6.07, 6.45) is -0.389. The van der Waals surface area contributed by atoms with Crippen molar-refractivity contribution >= 4 is 23.5 Å². The molecule has 1 atom stereocenters. The largest absolute Gasteiger partial charge is 0.443 e. The van der Waals surface area contributed by atoms with Crippen LogP contribution in [0.2, 0.25) is 0 Å². The second kappa shape index (κ2) is 4.65. The SMILES string of the molecule is Cc1ccc(N)c(SCC2CNC(=O)O2)c1. The number of nitrogens with one attached hydrogen (secondary N) is 1. The molecular weight excluding hydrogens is 224 g/mol. The van der Waals surface area contributed by atoms with Crippen LogP contribution in [0.5, 0.6) is 0 Å². The van der Waals surface area contributed by atoms with Gasteiger partial charge < -0.3 is 15.8 Å². The van der Waals surface area contributed by atoms with Crippen LogP contribution in [0, 0.1) is 6.92 Å². The van der Waals surface area contributed by atoms with E-state index in [1.807, 2.05) is 25.1 Å². The van der Waals surface area contributed by atoms with Crippen molar-refractivity contribution in [1.82, 2.24) is 5.32 Å². The Balaban J connectivity index is 1.94. The van der Waals surface area contributed by atoms with E-state index in [-0.39, 0.29) is 12.2 Å². The van der Waals surface area contributed by atoms with Crippen molar-refractivity contribution < 1.29 is 9.53 Å². The fraction of sp³-hybridized carbons (Fsp3) is 0.364. The molecule has 1 heterocycles. The molecule has 0 saturated carbocycles. The van der Waals surface area contributed by atoms with Crippen LogP contribution in [0.4, 0.5) is 10.5 Å². The van der Waals surface area contributed by atoms with Gasteiger partial charge in [-0.05, 0) is 24.6 Å². The molecule has 16 heavy (non-hydrogen) atoms. The minimum atomic E-state index is -0.331. The molecule has 1 unspecified atom stereocenters. The zero-order valence-corrected chi connectivity index (χ0v) is 9.84. The highest BCUT2D eigenvalue weighted by Crippen LogP contribution is 2.27. The Labute approximate surface area is 98.5 Å². The van der Waals surface area contributed by atoms with Gasteiger partial charge in [-0.15, -0.1) is 11.8 Å². The minimum absolute atomic E-state index is 0.0580. The van der Waals surface area contributed by atoms with Crippen molar-refractivity contribution in [2.75, 3.05) is 18.0 Å². The summed E-state index contributed by atoms with van der Waals surface area (Å²) in [6.45, 7) is 2.61. The number of thioether (sulfide) groups is 1. The maximum absolute atomic E-state index is 10.8. The standard InChI is InChI=1S/C11H14N2O2S/c1-7-2-3-9(12)10(4-7)16-6-8-5-13-11(14)15-8/h2-4,8H,5-6,12H2,1H3,(H,13,14). The lowest BCUT2D eigenvalue weighted by Crippen LogP contribution is -2.16. The number of hydrogen-bond donors (Lipinski definition) is 2. The van der Waals surface area contributed by atoms with Crippen molar-refractivity contribution in [3.8, 4) is 0 Å². The number of hydrogen-bond acceptors (Lipinski definition) is 4. The smallest absolute Gasteiger partial charge is 0.407 e. The van der Waals surface area contributed by atoms with Crippen LogP contribution >= 0.6 is 11.8 Å². The number of rotatable bonds is 3. The quantitative estimate of drug-likeness (QED) is 0.622. The lowest BCUT2D eigenvalue weighted by atomic mass is 10.2. The number of carbonyl (C=O) groups is 1. The van der Waals surface area contributed by atoms with E-state index in [1.165, 1.54) is 5.56 Å². The number of nitrogen functional groups attached to an aromatic ring is 1. The predicted octanol–water partition coefficient (Wildman–Crippen LogP) is 1.78. The van der Waals surface area contributed by atoms with Gasteiger partial charge in [0, 0.05) is 16.3 Å². The third kappa shape index (κ3) is 2.61. The summed E-state index contributed by atoms with van der Waals surface area (Å²) in [7, 11) is 0. The fourth-order valence-electron chi connectivity index (χ4n) is 1.47. The molecule has 1 aromatic rings. The van der Waals surface area contributed by atoms with Crippen molar-refractivity contribution in [3.63, 3.8) is 0 Å². The lowest BCUT2D eigenvalue weighted by molar-refractivity contribution is 0.150. The van der Waals surface area contributed by atoms with Crippen LogP contribution in [0.1, 0.15) is 5.56 Å². The fourth-order valence-corrected chi connectivity index (χ4v) is 2.53. The van der Waals surface area contributed by atoms with E-state index in [4.69, 9.17) is 10.5 Å². The van der Waals surface area contributed by atoms with Gasteiger partial charge in [-0.2, -0.15) is 0 Å². The van der Waals surface area contributed by atoms with Crippen LogP contribution in [0.3, 0.4) is 0 Å². The molecule has 1 saturated heterocycles. The Morgan fingerprint density at radius 2 is 2.44 bits per heavy atom. The minimum Gasteiger partial charge on any atom is -0.443 e. The number of ether oxygens (including phenoxy) is 1. The van der Waals surface area contributed by atoms with Gasteiger partial charge in [0.1, 0.15) is 6.10 Å². The van der Waals surface area contributed by atoms with Crippen LogP contribution in [0.25, 0.3) is 0 Å². The first kappa shape index (κ1) is 11.1. The highest BCUT2D eigenvalue weighted by molar-refractivity contribution is 7.99. The highest BCUT2D eigenvalue weighted by atomic mass is 32.2. The number of amides is 1. The molecule has 3 N–H and O–H groups in total. The lowest BCUT2D eigenvalue weighted by Gasteiger charge is -2.09. The average Bonchev–Trinajstić information content (AvgIpc) is 2.66. The third-order valence-electron chi connectivity index (χ3n) is 2.34. The van der Waals surface area contributed by atoms with Gasteiger partial charge in [-0.25, -0.2) is 4.79 Å². The Morgan fingerprint density at radius 3 is 3.12 bits per heavy atom. The van der Waals surface area contributed by atoms with Crippen molar-refractivity contribution in [3.05, 3.63) is 23.8 Å². The summed E-state index contributed by atoms with van der Waals surface area (Å²) in [6, 6.07) is 5.93. The summed E-state index contributed by atoms with van der Waals surface area (Å²) in [5.74, 6) is 0.729. The van der Waals surface area contributed by atoms with Gasteiger partial charge in [-0.1, -0.05) is 6.07 Å². The normalized spacial score (nSPS) is 19.3. The average molecular weight is 238 g/mol. The topological polar surface area (TPSA) is 64.3 Å². The maximum Gasteiger partial charge on any atom is 0.407 e. The van der Waals surface area contributed by atoms with E-state index in [1.54, 1.807) is 11.8 Å². The molecular formula is C11H14N2O2S. The number of nitrogens with two attached hydrogens (primary N) is 1. The van der Waals surface area contributed by atoms with Gasteiger partial charge in [-0.3, -0.25) is 0 Å². The van der Waals surface area contributed by atoms with E-state index < -0.39 is 0 Å². The Hall–Kier alpha value is -1.36. The molecule has 0 spiro atoms. The van der Waals surface area contributed by atoms with E-state index in [0.717, 1.165) is 16.3 Å². The zero-order valence-electron chi connectivity index (χ0n) is 9.03. The number of benzene rings is 1. The molecule has 0 bridgehead atoms. The first-order valence-electron chi connectivity index (χ1n) is 5.08. The molecule has 0 aliphatic carbocycles. The van der Waals surface area contributed by atoms with E-state index in [2.05, 4.69) is 5.32 Å². The summed E-state index contributed by atoms with van der Waals surface area (Å²) >= 11 is 1.62. The molecule has 5 heteroatoms. The number of anilines is 1. The number of carbonyl (C=O) groups excluding carboxylic acids is 1. The molecule has 86 valence electrons. The number of aryl methyl sites for hydroxylation is 1. The highest BCUT2D eigenvalue weighted by Gasteiger charge is 2.22. The molecule has 1 aromatic carbocycles. The molecule has 2 rings (SSSR count). The van der Waals surface area contributed by atoms with Gasteiger partial charge in [0.2, 0.25) is 0 Å². The Kier molecular flexibility index (Phi) is 3.24. The molecule has 0 aromatic heterocycles. The molecule has 4 nitrogen and oxygen atoms in total. The molecule has 1 aliphatic rings. The van der Waals surface area contributed by atoms with Gasteiger partial charge in [0.25, 0.3) is 0 Å². The van der Waals surface area contributed by atoms with Gasteiger partial charge in [0.05, 0.1) is 6.54 Å². The monoisotopic (exact) mass is 238 g/mol. The van der Waals surface area contributed by atoms with Gasteiger partial charge >= 0.3 is 6.09 Å². The predicted molar refractivity (Wildman–Crippen MR) is 64.6 cm³/mol. The van der Waals surface area contributed by atoms with Crippen molar-refractivity contribution in [2.24, 2.45) is 0 Å². The number of alkyl carbamates (subject to hydrolysis) is 1. The maximum atomic E-state index is 10.8. The van der Waals surface area contributed by atoms with Crippen LogP contribution < -0.4 is 11.1 Å². The van der Waals surface area contributed by atoms with E-state index in [9.17, 15) is 4.79 Å². The summed E-state index contributed by atoms with van der Waals surface area (Å²) < 4.78 is 5.04. The van der Waals surface area contributed by atoms with Crippen molar-refractivity contribution in [2.45, 2.75) is 17.9 Å². The van der Waals surface area contributed by atoms with Crippen LogP contribution in [0.15, 0.2) is 23.1 Å². The van der Waals surface area contributed by atoms with Crippen molar-refractivity contribution in [1.29, 1.82) is 0 Å². The first-order valence-corrected chi connectivity index (χ1v) is 6.07. The van der Waals surface area contributed by atoms with E-state index in [0.29, 0.717) is 6.54 Å². The van der Waals surface area contributed by atoms with E-state index >= 15 is 0 Å². The Morgan fingerprint density at radius 1 is 1.62 bits per heavy atom. The van der Waals surface area contributed by atoms with Crippen LogP contribution in [-0.4, -0.2) is 24.5 Å². The molecule has 0 radical (unpaired) electrons.